The molecule has 1 heterocycles. The van der Waals surface area contributed by atoms with Crippen LogP contribution < -0.4 is 0 Å². The third kappa shape index (κ3) is 3.10. The molecule has 2 atom stereocenters. The average Bonchev–Trinajstić information content (AvgIpc) is 3.04. The van der Waals surface area contributed by atoms with Crippen LogP contribution in [-0.2, 0) is 4.79 Å². The maximum absolute atomic E-state index is 12.3. The Morgan fingerprint density at radius 3 is 2.54 bits per heavy atom. The predicted molar refractivity (Wildman–Crippen MR) is 106 cm³/mol. The summed E-state index contributed by atoms with van der Waals surface area (Å²) in [6.45, 7) is 3.70. The van der Waals surface area contributed by atoms with Crippen LogP contribution in [0, 0.1) is 12.8 Å². The standard InChI is InChI=1S/C23H24N2O/c1-16-11-13-19(14-12-16)23-21-10-6-9-20(15-18-7-4-3-5-8-18)22(21)24-25(23)17(2)26/h3-5,7-8,11-15,21,23H,6,9-10H2,1-2H3/b20-15-/t21-,23+/m1/s1. The third-order valence-electron chi connectivity index (χ3n) is 5.38. The van der Waals surface area contributed by atoms with Crippen molar-refractivity contribution in [1.29, 1.82) is 0 Å². The molecule has 1 saturated carbocycles. The molecule has 0 bridgehead atoms. The van der Waals surface area contributed by atoms with Crippen LogP contribution >= 0.6 is 0 Å². The Hall–Kier alpha value is -2.68. The molecular formula is C23H24N2O. The summed E-state index contributed by atoms with van der Waals surface area (Å²) in [7, 11) is 0. The number of hydrogen-bond acceptors (Lipinski definition) is 2. The molecule has 2 aromatic carbocycles. The minimum absolute atomic E-state index is 0.0107. The van der Waals surface area contributed by atoms with Crippen molar-refractivity contribution in [3.8, 4) is 0 Å². The van der Waals surface area contributed by atoms with E-state index < -0.39 is 0 Å². The minimum Gasteiger partial charge on any atom is -0.273 e. The molecule has 132 valence electrons. The molecule has 1 aliphatic heterocycles. The van der Waals surface area contributed by atoms with Gasteiger partial charge in [0.15, 0.2) is 0 Å². The second-order valence-electron chi connectivity index (χ2n) is 7.28. The number of allylic oxidation sites excluding steroid dienone is 1. The largest absolute Gasteiger partial charge is 0.273 e. The molecule has 0 radical (unpaired) electrons. The summed E-state index contributed by atoms with van der Waals surface area (Å²) in [5.41, 5.74) is 5.97. The van der Waals surface area contributed by atoms with E-state index in [1.807, 2.05) is 6.07 Å². The first-order valence-corrected chi connectivity index (χ1v) is 9.34. The van der Waals surface area contributed by atoms with Crippen molar-refractivity contribution in [1.82, 2.24) is 5.01 Å². The zero-order valence-electron chi connectivity index (χ0n) is 15.4. The first kappa shape index (κ1) is 16.8. The fraction of sp³-hybridized carbons (Fsp3) is 0.304. The Balaban J connectivity index is 1.73. The monoisotopic (exact) mass is 344 g/mol. The van der Waals surface area contributed by atoms with E-state index in [4.69, 9.17) is 5.10 Å². The minimum atomic E-state index is 0.0107. The highest BCUT2D eigenvalue weighted by Crippen LogP contribution is 2.44. The van der Waals surface area contributed by atoms with Crippen LogP contribution in [0.4, 0.5) is 0 Å². The van der Waals surface area contributed by atoms with E-state index in [-0.39, 0.29) is 17.9 Å². The summed E-state index contributed by atoms with van der Waals surface area (Å²) in [6, 6.07) is 18.9. The maximum atomic E-state index is 12.3. The van der Waals surface area contributed by atoms with Crippen LogP contribution in [-0.4, -0.2) is 16.6 Å². The van der Waals surface area contributed by atoms with Crippen molar-refractivity contribution >= 4 is 17.7 Å². The van der Waals surface area contributed by atoms with Gasteiger partial charge in [0.05, 0.1) is 11.8 Å². The van der Waals surface area contributed by atoms with Gasteiger partial charge >= 0.3 is 0 Å². The summed E-state index contributed by atoms with van der Waals surface area (Å²) in [4.78, 5) is 12.3. The van der Waals surface area contributed by atoms with E-state index in [2.05, 4.69) is 61.5 Å². The molecule has 0 spiro atoms. The SMILES string of the molecule is CC(=O)N1N=C2/C(=C\c3ccccc3)CCC[C@H]2[C@@H]1c1ccc(C)cc1. The number of carbonyl (C=O) groups excluding carboxylic acids is 1. The molecule has 1 amide bonds. The number of nitrogens with zero attached hydrogens (tertiary/aromatic N) is 2. The first-order chi connectivity index (χ1) is 12.6. The normalized spacial score (nSPS) is 23.7. The van der Waals surface area contributed by atoms with Crippen LogP contribution in [0.25, 0.3) is 6.08 Å². The third-order valence-corrected chi connectivity index (χ3v) is 5.38. The van der Waals surface area contributed by atoms with Crippen LogP contribution in [0.1, 0.15) is 48.9 Å². The summed E-state index contributed by atoms with van der Waals surface area (Å²) in [5.74, 6) is 0.293. The molecule has 1 fully saturated rings. The molecule has 2 aliphatic rings. The van der Waals surface area contributed by atoms with Gasteiger partial charge in [-0.25, -0.2) is 5.01 Å². The van der Waals surface area contributed by atoms with Gasteiger partial charge in [0.2, 0.25) is 5.91 Å². The summed E-state index contributed by atoms with van der Waals surface area (Å²) >= 11 is 0. The molecule has 3 heteroatoms. The Kier molecular flexibility index (Phi) is 4.46. The number of fused-ring (bicyclic) bond motifs is 1. The second kappa shape index (κ2) is 6.91. The van der Waals surface area contributed by atoms with Crippen LogP contribution in [0.2, 0.25) is 0 Å². The molecule has 0 aromatic heterocycles. The number of carbonyl (C=O) groups is 1. The van der Waals surface area contributed by atoms with Gasteiger partial charge in [0, 0.05) is 12.8 Å². The highest BCUT2D eigenvalue weighted by atomic mass is 16.2. The molecule has 0 saturated heterocycles. The van der Waals surface area contributed by atoms with E-state index in [9.17, 15) is 4.79 Å². The van der Waals surface area contributed by atoms with Crippen LogP contribution in [0.3, 0.4) is 0 Å². The van der Waals surface area contributed by atoms with Gasteiger partial charge in [-0.2, -0.15) is 5.10 Å². The van der Waals surface area contributed by atoms with Crippen LogP contribution in [0.5, 0.6) is 0 Å². The first-order valence-electron chi connectivity index (χ1n) is 9.34. The molecule has 26 heavy (non-hydrogen) atoms. The number of amides is 1. The number of hydrogen-bond donors (Lipinski definition) is 0. The lowest BCUT2D eigenvalue weighted by atomic mass is 9.77. The van der Waals surface area contributed by atoms with Crippen molar-refractivity contribution in [3.63, 3.8) is 0 Å². The fourth-order valence-electron chi connectivity index (χ4n) is 4.11. The number of benzene rings is 2. The summed E-state index contributed by atoms with van der Waals surface area (Å²) in [5, 5.41) is 6.50. The topological polar surface area (TPSA) is 32.7 Å². The summed E-state index contributed by atoms with van der Waals surface area (Å²) < 4.78 is 0. The molecule has 4 rings (SSSR count). The van der Waals surface area contributed by atoms with Gasteiger partial charge in [0.25, 0.3) is 0 Å². The van der Waals surface area contributed by atoms with Gasteiger partial charge < -0.3 is 0 Å². The predicted octanol–water partition coefficient (Wildman–Crippen LogP) is 5.14. The zero-order chi connectivity index (χ0) is 18.1. The van der Waals surface area contributed by atoms with Gasteiger partial charge in [-0.05, 0) is 49.0 Å². The Bertz CT molecular complexity index is 865. The Labute approximate surface area is 155 Å². The lowest BCUT2D eigenvalue weighted by Gasteiger charge is -2.29. The van der Waals surface area contributed by atoms with E-state index in [1.54, 1.807) is 11.9 Å². The fourth-order valence-corrected chi connectivity index (χ4v) is 4.11. The highest BCUT2D eigenvalue weighted by Gasteiger charge is 2.42. The Morgan fingerprint density at radius 1 is 1.12 bits per heavy atom. The number of hydrazone groups is 1. The van der Waals surface area contributed by atoms with Gasteiger partial charge in [-0.15, -0.1) is 0 Å². The smallest absolute Gasteiger partial charge is 0.240 e. The van der Waals surface area contributed by atoms with Gasteiger partial charge in [0.1, 0.15) is 0 Å². The van der Waals surface area contributed by atoms with Crippen LogP contribution in [0.15, 0.2) is 65.3 Å². The van der Waals surface area contributed by atoms with Crippen molar-refractivity contribution < 1.29 is 4.79 Å². The average molecular weight is 344 g/mol. The van der Waals surface area contributed by atoms with Crippen molar-refractivity contribution in [2.24, 2.45) is 11.0 Å². The summed E-state index contributed by atoms with van der Waals surface area (Å²) in [6.07, 6.45) is 5.47. The quantitative estimate of drug-likeness (QED) is 0.742. The lowest BCUT2D eigenvalue weighted by Crippen LogP contribution is -2.30. The molecule has 0 N–H and O–H groups in total. The molecule has 2 aromatic rings. The van der Waals surface area contributed by atoms with E-state index >= 15 is 0 Å². The van der Waals surface area contributed by atoms with E-state index in [0.29, 0.717) is 0 Å². The van der Waals surface area contributed by atoms with Crippen molar-refractivity contribution in [2.45, 2.75) is 39.2 Å². The van der Waals surface area contributed by atoms with Crippen molar-refractivity contribution in [2.75, 3.05) is 0 Å². The molecule has 1 aliphatic carbocycles. The zero-order valence-corrected chi connectivity index (χ0v) is 15.4. The molecule has 0 unspecified atom stereocenters. The Morgan fingerprint density at radius 2 is 1.85 bits per heavy atom. The van der Waals surface area contributed by atoms with Gasteiger partial charge in [-0.3, -0.25) is 4.79 Å². The van der Waals surface area contributed by atoms with E-state index in [1.165, 1.54) is 22.3 Å². The second-order valence-corrected chi connectivity index (χ2v) is 7.28. The van der Waals surface area contributed by atoms with E-state index in [0.717, 1.165) is 25.0 Å². The number of aryl methyl sites for hydroxylation is 1. The molecular weight excluding hydrogens is 320 g/mol. The number of rotatable bonds is 2. The van der Waals surface area contributed by atoms with Gasteiger partial charge in [-0.1, -0.05) is 60.2 Å². The maximum Gasteiger partial charge on any atom is 0.240 e. The highest BCUT2D eigenvalue weighted by molar-refractivity contribution is 6.08. The van der Waals surface area contributed by atoms with Crippen molar-refractivity contribution in [3.05, 3.63) is 76.9 Å². The lowest BCUT2D eigenvalue weighted by molar-refractivity contribution is -0.131. The molecule has 3 nitrogen and oxygen atoms in total.